The zero-order valence-corrected chi connectivity index (χ0v) is 42.0. The number of amides is 2. The third-order valence-electron chi connectivity index (χ3n) is 12.9. The van der Waals surface area contributed by atoms with Crippen molar-refractivity contribution in [3.05, 3.63) is 100 Å². The lowest BCUT2D eigenvalue weighted by Gasteiger charge is -2.34. The second-order valence-corrected chi connectivity index (χ2v) is 19.1. The Morgan fingerprint density at radius 2 is 1.11 bits per heavy atom. The average molecular weight is 1050 g/mol. The van der Waals surface area contributed by atoms with Crippen molar-refractivity contribution >= 4 is 41.2 Å². The molecule has 402 valence electrons. The molecular weight excluding hydrogens is 989 g/mol. The summed E-state index contributed by atoms with van der Waals surface area (Å²) in [6.45, 7) is 14.0. The fourth-order valence-corrected chi connectivity index (χ4v) is 8.91. The molecule has 0 unspecified atom stereocenters. The highest BCUT2D eigenvalue weighted by Crippen LogP contribution is 2.43. The van der Waals surface area contributed by atoms with Crippen molar-refractivity contribution in [2.75, 3.05) is 23.5 Å². The van der Waals surface area contributed by atoms with E-state index in [1.165, 1.54) is 9.80 Å². The maximum absolute atomic E-state index is 15.3. The van der Waals surface area contributed by atoms with Crippen LogP contribution in [0.3, 0.4) is 0 Å². The van der Waals surface area contributed by atoms with Crippen molar-refractivity contribution < 1.29 is 78.7 Å². The van der Waals surface area contributed by atoms with Crippen LogP contribution in [0.4, 0.5) is 46.5 Å². The number of carbonyl (C=O) groups is 4. The summed E-state index contributed by atoms with van der Waals surface area (Å²) >= 11 is 0. The van der Waals surface area contributed by atoms with Gasteiger partial charge in [0.15, 0.2) is 23.1 Å². The van der Waals surface area contributed by atoms with Crippen molar-refractivity contribution in [3.8, 4) is 23.3 Å². The van der Waals surface area contributed by atoms with Gasteiger partial charge in [-0.15, -0.1) is 0 Å². The molecule has 0 saturated heterocycles. The molecule has 2 fully saturated rings. The van der Waals surface area contributed by atoms with E-state index >= 15 is 8.78 Å². The number of carboxylic acids is 1. The first-order valence-corrected chi connectivity index (χ1v) is 24.1. The van der Waals surface area contributed by atoms with E-state index in [-0.39, 0.29) is 64.7 Å². The fourth-order valence-electron chi connectivity index (χ4n) is 8.91. The third kappa shape index (κ3) is 14.1. The molecule has 2 aliphatic carbocycles. The summed E-state index contributed by atoms with van der Waals surface area (Å²) in [7, 11) is 1.10. The number of benzene rings is 2. The number of aromatic nitrogens is 2. The van der Waals surface area contributed by atoms with Gasteiger partial charge < -0.3 is 34.2 Å². The quantitative estimate of drug-likeness (QED) is 0.0858. The molecule has 0 radical (unpaired) electrons. The van der Waals surface area contributed by atoms with E-state index < -0.39 is 88.0 Å². The van der Waals surface area contributed by atoms with Gasteiger partial charge in [0.1, 0.15) is 11.1 Å². The monoisotopic (exact) mass is 1050 g/mol. The lowest BCUT2D eigenvalue weighted by Crippen LogP contribution is -2.43. The largest absolute Gasteiger partial charge is 0.478 e. The van der Waals surface area contributed by atoms with Crippen LogP contribution in [0.5, 0.6) is 23.3 Å². The molecule has 4 aromatic rings. The maximum Gasteiger partial charge on any atom is 0.421 e. The van der Waals surface area contributed by atoms with Gasteiger partial charge in [-0.2, -0.15) is 26.3 Å². The number of carboxylic acid groups (broad SMARTS) is 1. The number of rotatable bonds is 15. The SMILES string of the molecule is C=Cc1cnc(Oc2cc(C(=O)O)c(N(C(=O)C3CCC(C)CC3)C(C)C)cc2F)c(C(F)(F)F)c1.COC(=O)c1cc(Oc2ncc(CCO)cc2C(F)(F)F)c(F)cc1N(C(=O)C1CCC(C)CC1)C(C)C. The highest BCUT2D eigenvalue weighted by Gasteiger charge is 2.39. The molecule has 2 saturated carbocycles. The van der Waals surface area contributed by atoms with E-state index in [2.05, 4.69) is 30.4 Å². The molecule has 0 atom stereocenters. The number of aliphatic hydroxyl groups excluding tert-OH is 1. The zero-order valence-electron chi connectivity index (χ0n) is 42.0. The smallest absolute Gasteiger partial charge is 0.421 e. The number of carbonyl (C=O) groups excluding carboxylic acids is 3. The number of aliphatic hydroxyl groups is 1. The van der Waals surface area contributed by atoms with Gasteiger partial charge in [-0.25, -0.2) is 28.3 Å². The molecule has 0 spiro atoms. The highest BCUT2D eigenvalue weighted by molar-refractivity contribution is 6.05. The lowest BCUT2D eigenvalue weighted by molar-refractivity contribution is -0.139. The first kappa shape index (κ1) is 58.3. The van der Waals surface area contributed by atoms with Gasteiger partial charge in [-0.1, -0.05) is 26.5 Å². The van der Waals surface area contributed by atoms with E-state index in [9.17, 15) is 50.6 Å². The van der Waals surface area contributed by atoms with E-state index in [1.54, 1.807) is 27.7 Å². The Labute approximate surface area is 423 Å². The molecule has 2 N–H and O–H groups in total. The number of aromatic carboxylic acids is 1. The summed E-state index contributed by atoms with van der Waals surface area (Å²) in [6, 6.07) is 3.97. The molecule has 6 rings (SSSR count). The summed E-state index contributed by atoms with van der Waals surface area (Å²) in [5.74, 6) is -8.14. The molecule has 74 heavy (non-hydrogen) atoms. The van der Waals surface area contributed by atoms with Crippen LogP contribution in [-0.2, 0) is 33.1 Å². The number of hydrogen-bond donors (Lipinski definition) is 2. The molecule has 2 aromatic carbocycles. The van der Waals surface area contributed by atoms with Crippen LogP contribution in [-0.4, -0.2) is 69.7 Å². The molecule has 2 aliphatic rings. The van der Waals surface area contributed by atoms with E-state index in [4.69, 9.17) is 19.3 Å². The minimum Gasteiger partial charge on any atom is -0.478 e. The van der Waals surface area contributed by atoms with E-state index in [0.717, 1.165) is 87.7 Å². The van der Waals surface area contributed by atoms with E-state index in [0.29, 0.717) is 37.5 Å². The van der Waals surface area contributed by atoms with Crippen LogP contribution >= 0.6 is 0 Å². The number of anilines is 2. The van der Waals surface area contributed by atoms with Gasteiger partial charge in [0, 0.05) is 67.2 Å². The molecule has 2 aromatic heterocycles. The Hall–Kier alpha value is -6.64. The molecular formula is C53H60F8N4O9. The highest BCUT2D eigenvalue weighted by atomic mass is 19.4. The van der Waals surface area contributed by atoms with Gasteiger partial charge in [-0.3, -0.25) is 9.59 Å². The predicted molar refractivity (Wildman–Crippen MR) is 258 cm³/mol. The normalized spacial score (nSPS) is 18.0. The Bertz CT molecular complexity index is 2680. The van der Waals surface area contributed by atoms with Gasteiger partial charge in [0.25, 0.3) is 0 Å². The number of alkyl halides is 6. The van der Waals surface area contributed by atoms with Gasteiger partial charge in [-0.05, 0) is 121 Å². The zero-order chi connectivity index (χ0) is 55.0. The van der Waals surface area contributed by atoms with Crippen molar-refractivity contribution in [3.63, 3.8) is 0 Å². The second kappa shape index (κ2) is 24.6. The van der Waals surface area contributed by atoms with Crippen molar-refractivity contribution in [1.29, 1.82) is 0 Å². The van der Waals surface area contributed by atoms with Crippen molar-refractivity contribution in [1.82, 2.24) is 9.97 Å². The Balaban J connectivity index is 0.000000274. The summed E-state index contributed by atoms with van der Waals surface area (Å²) in [5, 5.41) is 18.9. The van der Waals surface area contributed by atoms with Crippen LogP contribution in [0.25, 0.3) is 6.08 Å². The van der Waals surface area contributed by atoms with Crippen LogP contribution in [0.15, 0.2) is 55.4 Å². The fraction of sp³-hybridized carbons (Fsp3) is 0.472. The number of nitrogens with zero attached hydrogens (tertiary/aromatic N) is 4. The lowest BCUT2D eigenvalue weighted by atomic mass is 9.82. The molecule has 2 heterocycles. The standard InChI is InChI=1S/C27H32F4N2O5.C26H28F4N2O4/c1-15(2)33(25(35)18-7-5-16(3)6-8-18)22-13-21(28)23(12-19(22)26(36)37-4)38-24-20(27(29,30)31)11-17(9-10-34)14-32-24;1-5-16-10-19(26(28,29)30)23(31-13-16)36-22-11-18(25(34)35)21(12-20(22)27)32(14(2)3)24(33)17-8-6-15(4)7-9-17/h11-16,18,34H,5-10H2,1-4H3;5,10-15,17H,1,6-9H2,2-4H3,(H,34,35). The Kier molecular flexibility index (Phi) is 19.4. The Morgan fingerprint density at radius 1 is 0.689 bits per heavy atom. The van der Waals surface area contributed by atoms with Crippen molar-refractivity contribution in [2.24, 2.45) is 23.7 Å². The summed E-state index contributed by atoms with van der Waals surface area (Å²) in [5.41, 5.74) is -3.31. The molecule has 21 heteroatoms. The predicted octanol–water partition coefficient (Wildman–Crippen LogP) is 12.9. The van der Waals surface area contributed by atoms with Crippen LogP contribution in [0.1, 0.15) is 136 Å². The molecule has 0 aliphatic heterocycles. The molecule has 0 bridgehead atoms. The first-order valence-electron chi connectivity index (χ1n) is 24.1. The molecule has 2 amide bonds. The van der Waals surface area contributed by atoms with Crippen LogP contribution < -0.4 is 19.3 Å². The maximum atomic E-state index is 15.3. The number of esters is 1. The summed E-state index contributed by atoms with van der Waals surface area (Å²) < 4.78 is 127. The van der Waals surface area contributed by atoms with Crippen LogP contribution in [0.2, 0.25) is 0 Å². The van der Waals surface area contributed by atoms with E-state index in [1.807, 2.05) is 0 Å². The molecule has 13 nitrogen and oxygen atoms in total. The van der Waals surface area contributed by atoms with Crippen molar-refractivity contribution in [2.45, 2.75) is 124 Å². The topological polar surface area (TPSA) is 169 Å². The number of pyridine rings is 2. The summed E-state index contributed by atoms with van der Waals surface area (Å²) in [4.78, 5) is 61.5. The Morgan fingerprint density at radius 3 is 1.50 bits per heavy atom. The van der Waals surface area contributed by atoms with Gasteiger partial charge in [0.2, 0.25) is 23.6 Å². The minimum atomic E-state index is -4.88. The second-order valence-electron chi connectivity index (χ2n) is 19.1. The van der Waals surface area contributed by atoms with Gasteiger partial charge in [0.05, 0.1) is 29.6 Å². The first-order chi connectivity index (χ1) is 34.7. The number of halogens is 8. The number of hydrogen-bond acceptors (Lipinski definition) is 10. The van der Waals surface area contributed by atoms with Crippen LogP contribution in [0, 0.1) is 35.3 Å². The number of ether oxygens (including phenoxy) is 3. The number of methoxy groups -OCH3 is 1. The van der Waals surface area contributed by atoms with Gasteiger partial charge >= 0.3 is 24.3 Å². The average Bonchev–Trinajstić information content (AvgIpc) is 3.33. The third-order valence-corrected chi connectivity index (χ3v) is 12.9. The summed E-state index contributed by atoms with van der Waals surface area (Å²) in [6.07, 6.45) is -0.439. The minimum absolute atomic E-state index is 0.0531.